The third-order valence-corrected chi connectivity index (χ3v) is 5.51. The molecular weight excluding hydrogens is 384 g/mol. The summed E-state index contributed by atoms with van der Waals surface area (Å²) in [5.41, 5.74) is 1.13. The van der Waals surface area contributed by atoms with E-state index in [9.17, 15) is 4.79 Å². The second kappa shape index (κ2) is 8.83. The van der Waals surface area contributed by atoms with Gasteiger partial charge < -0.3 is 15.1 Å². The number of hydrogen-bond donors (Lipinski definition) is 1. The van der Waals surface area contributed by atoms with Gasteiger partial charge >= 0.3 is 0 Å². The number of hydrogen-bond acceptors (Lipinski definition) is 7. The molecule has 1 fully saturated rings. The lowest BCUT2D eigenvalue weighted by molar-refractivity contribution is -0.126. The highest BCUT2D eigenvalue weighted by Gasteiger charge is 2.20. The lowest BCUT2D eigenvalue weighted by Gasteiger charge is -2.34. The zero-order valence-corrected chi connectivity index (χ0v) is 17.0. The lowest BCUT2D eigenvalue weighted by atomic mass is 10.3. The highest BCUT2D eigenvalue weighted by Crippen LogP contribution is 2.17. The van der Waals surface area contributed by atoms with E-state index in [0.717, 1.165) is 35.2 Å². The number of pyridine rings is 1. The SMILES string of the molecule is Cc1ccnc(Nc2ccc(N3CCN(C(=O)/C=C/c4cccs4)CC3)nn2)c1. The molecule has 1 N–H and O–H groups in total. The minimum Gasteiger partial charge on any atom is -0.352 e. The van der Waals surface area contributed by atoms with E-state index in [1.54, 1.807) is 23.6 Å². The van der Waals surface area contributed by atoms with Gasteiger partial charge in [-0.2, -0.15) is 0 Å². The Morgan fingerprint density at radius 3 is 2.66 bits per heavy atom. The third kappa shape index (κ3) is 4.97. The molecule has 29 heavy (non-hydrogen) atoms. The second-order valence-corrected chi connectivity index (χ2v) is 7.76. The molecule has 1 aliphatic heterocycles. The minimum absolute atomic E-state index is 0.0503. The summed E-state index contributed by atoms with van der Waals surface area (Å²) in [6.07, 6.45) is 5.29. The van der Waals surface area contributed by atoms with E-state index >= 15 is 0 Å². The molecule has 0 bridgehead atoms. The molecule has 1 aliphatic rings. The van der Waals surface area contributed by atoms with Crippen molar-refractivity contribution in [3.05, 3.63) is 64.5 Å². The van der Waals surface area contributed by atoms with E-state index in [4.69, 9.17) is 0 Å². The van der Waals surface area contributed by atoms with Gasteiger partial charge in [-0.25, -0.2) is 4.98 Å². The molecule has 7 nitrogen and oxygen atoms in total. The molecule has 0 aliphatic carbocycles. The summed E-state index contributed by atoms with van der Waals surface area (Å²) in [5.74, 6) is 2.26. The average Bonchev–Trinajstić information content (AvgIpc) is 3.26. The van der Waals surface area contributed by atoms with E-state index < -0.39 is 0 Å². The van der Waals surface area contributed by atoms with Crippen LogP contribution in [0.3, 0.4) is 0 Å². The van der Waals surface area contributed by atoms with Crippen molar-refractivity contribution in [3.8, 4) is 0 Å². The van der Waals surface area contributed by atoms with E-state index in [1.165, 1.54) is 0 Å². The summed E-state index contributed by atoms with van der Waals surface area (Å²) >= 11 is 1.62. The predicted octanol–water partition coefficient (Wildman–Crippen LogP) is 3.35. The summed E-state index contributed by atoms with van der Waals surface area (Å²) in [6, 6.07) is 11.7. The van der Waals surface area contributed by atoms with Crippen molar-refractivity contribution < 1.29 is 4.79 Å². The van der Waals surface area contributed by atoms with Crippen LogP contribution in [0.15, 0.2) is 54.1 Å². The maximum absolute atomic E-state index is 12.4. The Balaban J connectivity index is 1.31. The Morgan fingerprint density at radius 1 is 1.10 bits per heavy atom. The van der Waals surface area contributed by atoms with Crippen LogP contribution in [-0.2, 0) is 4.79 Å². The standard InChI is InChI=1S/C21H22N6OS/c1-16-8-9-22-19(15-16)23-18-5-6-20(25-24-18)26-10-12-27(13-11-26)21(28)7-4-17-3-2-14-29-17/h2-9,14-15H,10-13H2,1H3,(H,22,23,24)/b7-4+. The van der Waals surface area contributed by atoms with Crippen LogP contribution < -0.4 is 10.2 Å². The molecule has 0 saturated carbocycles. The van der Waals surface area contributed by atoms with Crippen molar-refractivity contribution in [2.45, 2.75) is 6.92 Å². The fourth-order valence-electron chi connectivity index (χ4n) is 3.10. The van der Waals surface area contributed by atoms with Crippen LogP contribution in [0.4, 0.5) is 17.5 Å². The zero-order valence-electron chi connectivity index (χ0n) is 16.2. The van der Waals surface area contributed by atoms with Crippen molar-refractivity contribution in [3.63, 3.8) is 0 Å². The van der Waals surface area contributed by atoms with Gasteiger partial charge in [-0.3, -0.25) is 4.79 Å². The van der Waals surface area contributed by atoms with Crippen LogP contribution in [0.1, 0.15) is 10.4 Å². The van der Waals surface area contributed by atoms with Crippen LogP contribution in [0.5, 0.6) is 0 Å². The first-order valence-electron chi connectivity index (χ1n) is 9.46. The molecule has 0 aromatic carbocycles. The number of nitrogens with zero attached hydrogens (tertiary/aromatic N) is 5. The van der Waals surface area contributed by atoms with Gasteiger partial charge in [0.15, 0.2) is 11.6 Å². The van der Waals surface area contributed by atoms with E-state index in [0.29, 0.717) is 18.9 Å². The van der Waals surface area contributed by atoms with Crippen LogP contribution in [0.25, 0.3) is 6.08 Å². The summed E-state index contributed by atoms with van der Waals surface area (Å²) in [5, 5.41) is 13.7. The van der Waals surface area contributed by atoms with Crippen molar-refractivity contribution in [2.75, 3.05) is 36.4 Å². The second-order valence-electron chi connectivity index (χ2n) is 6.78. The van der Waals surface area contributed by atoms with Crippen LogP contribution in [-0.4, -0.2) is 52.2 Å². The molecule has 0 radical (unpaired) electrons. The zero-order chi connectivity index (χ0) is 20.1. The normalized spacial score (nSPS) is 14.4. The Morgan fingerprint density at radius 2 is 1.97 bits per heavy atom. The Labute approximate surface area is 173 Å². The number of piperazine rings is 1. The first-order valence-corrected chi connectivity index (χ1v) is 10.3. The van der Waals surface area contributed by atoms with Crippen LogP contribution in [0.2, 0.25) is 0 Å². The van der Waals surface area contributed by atoms with Crippen molar-refractivity contribution >= 4 is 40.8 Å². The van der Waals surface area contributed by atoms with Gasteiger partial charge in [0.1, 0.15) is 5.82 Å². The Hall–Kier alpha value is -3.26. The van der Waals surface area contributed by atoms with Gasteiger partial charge in [0.2, 0.25) is 5.91 Å². The number of nitrogens with one attached hydrogen (secondary N) is 1. The minimum atomic E-state index is 0.0503. The van der Waals surface area contributed by atoms with Gasteiger partial charge in [0.05, 0.1) is 0 Å². The first kappa shape index (κ1) is 19.1. The molecule has 3 aromatic rings. The molecule has 1 saturated heterocycles. The lowest BCUT2D eigenvalue weighted by Crippen LogP contribution is -2.48. The predicted molar refractivity (Wildman–Crippen MR) is 116 cm³/mol. The molecule has 0 atom stereocenters. The van der Waals surface area contributed by atoms with Crippen LogP contribution in [0, 0.1) is 6.92 Å². The summed E-state index contributed by atoms with van der Waals surface area (Å²) in [7, 11) is 0. The van der Waals surface area contributed by atoms with Gasteiger partial charge in [0, 0.05) is 43.3 Å². The number of amides is 1. The van der Waals surface area contributed by atoms with Crippen molar-refractivity contribution in [1.82, 2.24) is 20.1 Å². The number of rotatable bonds is 5. The first-order chi connectivity index (χ1) is 14.2. The number of aryl methyl sites for hydroxylation is 1. The Bertz CT molecular complexity index is 979. The smallest absolute Gasteiger partial charge is 0.246 e. The molecular formula is C21H22N6OS. The molecule has 4 heterocycles. The summed E-state index contributed by atoms with van der Waals surface area (Å²) < 4.78 is 0. The number of carbonyl (C=O) groups is 1. The van der Waals surface area contributed by atoms with Crippen molar-refractivity contribution in [2.24, 2.45) is 0 Å². The number of carbonyl (C=O) groups excluding carboxylic acids is 1. The van der Waals surface area contributed by atoms with E-state index in [-0.39, 0.29) is 5.91 Å². The van der Waals surface area contributed by atoms with Gasteiger partial charge in [0.25, 0.3) is 0 Å². The quantitative estimate of drug-likeness (QED) is 0.655. The van der Waals surface area contributed by atoms with E-state index in [1.807, 2.05) is 59.7 Å². The average molecular weight is 407 g/mol. The largest absolute Gasteiger partial charge is 0.352 e. The fraction of sp³-hybridized carbons (Fsp3) is 0.238. The van der Waals surface area contributed by atoms with Crippen LogP contribution >= 0.6 is 11.3 Å². The fourth-order valence-corrected chi connectivity index (χ4v) is 3.72. The molecule has 1 amide bonds. The molecule has 3 aromatic heterocycles. The van der Waals surface area contributed by atoms with E-state index in [2.05, 4.69) is 25.4 Å². The molecule has 0 spiro atoms. The molecule has 8 heteroatoms. The summed E-state index contributed by atoms with van der Waals surface area (Å²) in [4.78, 5) is 21.7. The third-order valence-electron chi connectivity index (χ3n) is 4.67. The van der Waals surface area contributed by atoms with Gasteiger partial charge in [-0.05, 0) is 54.3 Å². The van der Waals surface area contributed by atoms with Gasteiger partial charge in [-0.15, -0.1) is 21.5 Å². The maximum atomic E-state index is 12.4. The molecule has 148 valence electrons. The monoisotopic (exact) mass is 406 g/mol. The molecule has 0 unspecified atom stereocenters. The number of aromatic nitrogens is 3. The maximum Gasteiger partial charge on any atom is 0.246 e. The highest BCUT2D eigenvalue weighted by molar-refractivity contribution is 7.10. The number of anilines is 3. The molecule has 4 rings (SSSR count). The van der Waals surface area contributed by atoms with Gasteiger partial charge in [-0.1, -0.05) is 6.07 Å². The summed E-state index contributed by atoms with van der Waals surface area (Å²) in [6.45, 7) is 4.83. The van der Waals surface area contributed by atoms with Crippen molar-refractivity contribution in [1.29, 1.82) is 0 Å². The topological polar surface area (TPSA) is 74.2 Å². The number of thiophene rings is 1. The highest BCUT2D eigenvalue weighted by atomic mass is 32.1. The Kier molecular flexibility index (Phi) is 5.81.